The first-order valence-electron chi connectivity index (χ1n) is 30.3. The van der Waals surface area contributed by atoms with Crippen molar-refractivity contribution in [1.82, 2.24) is 5.32 Å². The molecule has 9 rings (SSSR count). The van der Waals surface area contributed by atoms with Crippen molar-refractivity contribution in [1.29, 1.82) is 0 Å². The molecule has 0 spiro atoms. The van der Waals surface area contributed by atoms with Crippen LogP contribution in [0.15, 0.2) is 96.0 Å². The topological polar surface area (TPSA) is 216 Å². The first-order valence-corrected chi connectivity index (χ1v) is 34.2. The van der Waals surface area contributed by atoms with Crippen molar-refractivity contribution in [2.24, 2.45) is 4.99 Å². The lowest BCUT2D eigenvalue weighted by Gasteiger charge is -2.34. The number of para-hydroxylation sites is 2. The zero-order valence-corrected chi connectivity index (χ0v) is 54.2. The molecule has 0 saturated heterocycles. The molecule has 1 unspecified atom stereocenters. The summed E-state index contributed by atoms with van der Waals surface area (Å²) < 4.78 is 77.8. The Bertz CT molecular complexity index is 3420. The number of carbonyl (C=O) groups is 3. The number of nitrogens with zero attached hydrogens (tertiary/aromatic N) is 4. The van der Waals surface area contributed by atoms with Gasteiger partial charge in [-0.3, -0.25) is 28.8 Å². The van der Waals surface area contributed by atoms with E-state index < -0.39 is 31.6 Å². The minimum atomic E-state index is -4.71. The Morgan fingerprint density at radius 2 is 1.40 bits per heavy atom. The smallest absolute Gasteiger partial charge is 0.276 e. The van der Waals surface area contributed by atoms with E-state index in [-0.39, 0.29) is 49.3 Å². The molecule has 0 aromatic heterocycles. The van der Waals surface area contributed by atoms with Crippen LogP contribution in [0.25, 0.3) is 0 Å². The predicted molar refractivity (Wildman–Crippen MR) is 350 cm³/mol. The maximum absolute atomic E-state index is 14.4. The number of unbranched alkanes of at least 4 members (excludes halogenated alkanes) is 1. The third-order valence-corrected chi connectivity index (χ3v) is 21.2. The summed E-state index contributed by atoms with van der Waals surface area (Å²) in [4.78, 5) is 53.1. The van der Waals surface area contributed by atoms with Crippen LogP contribution in [0.4, 0.5) is 28.4 Å². The van der Waals surface area contributed by atoms with Crippen LogP contribution in [0, 0.1) is 0 Å². The number of amides is 3. The van der Waals surface area contributed by atoms with E-state index >= 15 is 0 Å². The van der Waals surface area contributed by atoms with Gasteiger partial charge in [-0.1, -0.05) is 91.6 Å². The maximum atomic E-state index is 14.4. The van der Waals surface area contributed by atoms with Crippen LogP contribution in [-0.4, -0.2) is 144 Å². The second kappa shape index (κ2) is 29.9. The number of aliphatic imine (C=N–C) groups is 1. The normalized spacial score (nSPS) is 16.3. The number of anilines is 4. The molecule has 4 heterocycles. The summed E-state index contributed by atoms with van der Waals surface area (Å²) in [6.07, 6.45) is 6.94. The Morgan fingerprint density at radius 1 is 0.784 bits per heavy atom. The van der Waals surface area contributed by atoms with Crippen molar-refractivity contribution in [3.63, 3.8) is 0 Å². The van der Waals surface area contributed by atoms with Crippen molar-refractivity contribution in [2.75, 3.05) is 99.8 Å². The minimum Gasteiger partial charge on any atom is -0.493 e. The number of ether oxygens (including phenoxy) is 7. The quantitative estimate of drug-likeness (QED) is 0.0202. The van der Waals surface area contributed by atoms with Crippen LogP contribution in [0.5, 0.6) is 23.0 Å². The molecular formula is C66H84N6O13S3. The van der Waals surface area contributed by atoms with Crippen molar-refractivity contribution >= 4 is 84.1 Å². The van der Waals surface area contributed by atoms with Gasteiger partial charge in [-0.25, -0.2) is 0 Å². The highest BCUT2D eigenvalue weighted by atomic mass is 33.1. The predicted octanol–water partition coefficient (Wildman–Crippen LogP) is 11.3. The monoisotopic (exact) mass is 1260 g/mol. The molecule has 19 nitrogen and oxygen atoms in total. The molecule has 0 saturated carbocycles. The summed E-state index contributed by atoms with van der Waals surface area (Å²) in [6, 6.07) is 28.8. The molecule has 0 fully saturated rings. The van der Waals surface area contributed by atoms with Gasteiger partial charge in [-0.15, -0.1) is 0 Å². The molecule has 3 atom stereocenters. The van der Waals surface area contributed by atoms with Gasteiger partial charge in [0.2, 0.25) is 5.91 Å². The largest absolute Gasteiger partial charge is 0.493 e. The maximum Gasteiger partial charge on any atom is 0.276 e. The van der Waals surface area contributed by atoms with Gasteiger partial charge < -0.3 is 53.6 Å². The second-order valence-electron chi connectivity index (χ2n) is 23.2. The van der Waals surface area contributed by atoms with E-state index in [2.05, 4.69) is 54.5 Å². The number of hydrogen-bond donors (Lipinski definition) is 3. The number of carbonyl (C=O) groups excluding carboxylic acids is 3. The van der Waals surface area contributed by atoms with E-state index in [4.69, 9.17) is 38.2 Å². The lowest BCUT2D eigenvalue weighted by molar-refractivity contribution is -0.123. The highest BCUT2D eigenvalue weighted by Gasteiger charge is 2.40. The number of nitrogens with one attached hydrogen (secondary N) is 2. The Morgan fingerprint density at radius 3 is 2.05 bits per heavy atom. The fourth-order valence-corrected chi connectivity index (χ4v) is 15.4. The van der Waals surface area contributed by atoms with Crippen LogP contribution in [0.1, 0.15) is 116 Å². The van der Waals surface area contributed by atoms with E-state index in [9.17, 15) is 27.4 Å². The minimum absolute atomic E-state index is 0.0598. The molecule has 5 aromatic rings. The molecule has 4 aliphatic heterocycles. The van der Waals surface area contributed by atoms with Crippen LogP contribution < -0.4 is 44.3 Å². The first kappa shape index (κ1) is 65.9. The Hall–Kier alpha value is -6.53. The first-order chi connectivity index (χ1) is 42.4. The lowest BCUT2D eigenvalue weighted by atomic mass is 9.87. The van der Waals surface area contributed by atoms with Crippen LogP contribution in [0.3, 0.4) is 0 Å². The van der Waals surface area contributed by atoms with Crippen molar-refractivity contribution in [3.8, 4) is 23.0 Å². The summed E-state index contributed by atoms with van der Waals surface area (Å²) in [5, 5.41) is 4.95. The van der Waals surface area contributed by atoms with Gasteiger partial charge in [-0.05, 0) is 111 Å². The fourth-order valence-electron chi connectivity index (χ4n) is 11.9. The zero-order valence-electron chi connectivity index (χ0n) is 51.8. The average molecular weight is 1270 g/mol. The zero-order chi connectivity index (χ0) is 62.6. The molecule has 5 aromatic carbocycles. The highest BCUT2D eigenvalue weighted by molar-refractivity contribution is 8.77. The molecule has 3 N–H and O–H groups in total. The Balaban J connectivity index is 0.993. The summed E-state index contributed by atoms with van der Waals surface area (Å²) >= 11 is 0. The van der Waals surface area contributed by atoms with E-state index in [1.54, 1.807) is 55.2 Å². The van der Waals surface area contributed by atoms with Gasteiger partial charge in [0.25, 0.3) is 21.9 Å². The lowest BCUT2D eigenvalue weighted by Crippen LogP contribution is -2.52. The molecule has 0 radical (unpaired) electrons. The van der Waals surface area contributed by atoms with Crippen molar-refractivity contribution in [3.05, 3.63) is 124 Å². The van der Waals surface area contributed by atoms with Crippen molar-refractivity contribution in [2.45, 2.75) is 127 Å². The molecule has 22 heteroatoms. The number of benzene rings is 5. The SMILES string of the molecule is CCCCC(CC)(CC)NC(=O)C(CCSSC(C)(C)CN(CCOCCOCCOC)c1cc(COc2cc3c(cc2OC)C(=O)N2c4ccccc4C[C@H]2C=N3)cc(COc2cc3c(cc2OC)C(=O)N2c4ccccc4C[C@H]2CN3)c1)S(=O)(=O)O. The molecule has 0 aliphatic carbocycles. The Labute approximate surface area is 526 Å². The van der Waals surface area contributed by atoms with E-state index in [0.717, 1.165) is 58.6 Å². The standard InChI is InChI=1S/C66H84N6O13S3/c1-9-12-22-66(10-2,11-3)69-62(73)61(88(76,77)78)21-29-86-87-65(4,5)43-70(23-24-82-27-28-83-26-25-79-6)48-31-44(41-84-59-37-53-51(35-57(59)80-7)63(74)71-49(39-67-53)33-46-17-13-15-19-55(46)71)30-45(32-48)42-85-60-38-54-52(36-58(60)81-8)64(75)72-50(40-68-54)34-47-18-14-16-20-56(47)72/h13-20,30-32,35-39,49-50,61,68H,9-12,21-29,33-34,40-43H2,1-8H3,(H,69,73)(H,76,77,78)/t49-,50-,61?/m0/s1. The average Bonchev–Trinajstić information content (AvgIpc) is 2.01. The van der Waals surface area contributed by atoms with Gasteiger partial charge in [0, 0.05) is 84.6 Å². The van der Waals surface area contributed by atoms with Gasteiger partial charge in [0.1, 0.15) is 13.2 Å². The summed E-state index contributed by atoms with van der Waals surface area (Å²) in [7, 11) is 3.01. The number of rotatable bonds is 33. The summed E-state index contributed by atoms with van der Waals surface area (Å²) in [6.45, 7) is 13.9. The fraction of sp³-hybridized carbons (Fsp3) is 0.485. The van der Waals surface area contributed by atoms with Crippen LogP contribution >= 0.6 is 21.6 Å². The molecule has 0 bridgehead atoms. The highest BCUT2D eigenvalue weighted by Crippen LogP contribution is 2.44. The van der Waals surface area contributed by atoms with Gasteiger partial charge in [0.15, 0.2) is 28.2 Å². The van der Waals surface area contributed by atoms with Crippen LogP contribution in [-0.2, 0) is 55.2 Å². The Kier molecular flexibility index (Phi) is 22.4. The summed E-state index contributed by atoms with van der Waals surface area (Å²) in [5.74, 6) is 0.893. The van der Waals surface area contributed by atoms with Gasteiger partial charge in [-0.2, -0.15) is 8.42 Å². The molecule has 474 valence electrons. The molecule has 88 heavy (non-hydrogen) atoms. The molecule has 4 aliphatic rings. The van der Waals surface area contributed by atoms with E-state index in [1.165, 1.54) is 10.8 Å². The van der Waals surface area contributed by atoms with Gasteiger partial charge in [0.05, 0.1) is 81.8 Å². The van der Waals surface area contributed by atoms with Crippen LogP contribution in [0.2, 0.25) is 0 Å². The van der Waals surface area contributed by atoms with Crippen molar-refractivity contribution < 1.29 is 60.5 Å². The summed E-state index contributed by atoms with van der Waals surface area (Å²) in [5.41, 5.74) is 7.81. The number of fused-ring (bicyclic) bond motifs is 8. The van der Waals surface area contributed by atoms with E-state index in [0.29, 0.717) is 124 Å². The molecular weight excluding hydrogens is 1180 g/mol. The third-order valence-electron chi connectivity index (χ3n) is 16.7. The van der Waals surface area contributed by atoms with Gasteiger partial charge >= 0.3 is 0 Å². The van der Waals surface area contributed by atoms with E-state index in [1.807, 2.05) is 79.6 Å². The number of methoxy groups -OCH3 is 3. The number of hydrogen-bond acceptors (Lipinski definition) is 17. The second-order valence-corrected chi connectivity index (χ2v) is 27.9. The third kappa shape index (κ3) is 15.7. The molecule has 3 amide bonds.